The highest BCUT2D eigenvalue weighted by Crippen LogP contribution is 2.31. The first-order valence-corrected chi connectivity index (χ1v) is 8.67. The third-order valence-electron chi connectivity index (χ3n) is 3.88. The number of anilines is 5. The van der Waals surface area contributed by atoms with E-state index in [9.17, 15) is 4.79 Å². The van der Waals surface area contributed by atoms with Gasteiger partial charge in [-0.3, -0.25) is 0 Å². The van der Waals surface area contributed by atoms with Crippen molar-refractivity contribution in [2.75, 3.05) is 30.1 Å². The van der Waals surface area contributed by atoms with Crippen LogP contribution in [0, 0.1) is 0 Å². The van der Waals surface area contributed by atoms with E-state index in [0.717, 1.165) is 5.69 Å². The largest absolute Gasteiger partial charge is 0.495 e. The van der Waals surface area contributed by atoms with Gasteiger partial charge in [0.05, 0.1) is 25.0 Å². The number of nitrogens with one attached hydrogen (secondary N) is 2. The van der Waals surface area contributed by atoms with Crippen molar-refractivity contribution < 1.29 is 14.3 Å². The smallest absolute Gasteiger partial charge is 0.338 e. The molecule has 0 aliphatic carbocycles. The van der Waals surface area contributed by atoms with Crippen LogP contribution >= 0.6 is 0 Å². The van der Waals surface area contributed by atoms with Gasteiger partial charge < -0.3 is 25.8 Å². The van der Waals surface area contributed by atoms with E-state index in [-0.39, 0.29) is 5.97 Å². The summed E-state index contributed by atoms with van der Waals surface area (Å²) < 4.78 is 10.4. The number of ether oxygens (including phenoxy) is 2. The van der Waals surface area contributed by atoms with Gasteiger partial charge in [0, 0.05) is 5.69 Å². The van der Waals surface area contributed by atoms with Gasteiger partial charge >= 0.3 is 5.97 Å². The van der Waals surface area contributed by atoms with Crippen LogP contribution in [0.1, 0.15) is 17.3 Å². The van der Waals surface area contributed by atoms with Crippen LogP contribution in [0.3, 0.4) is 0 Å². The Morgan fingerprint density at radius 3 is 2.57 bits per heavy atom. The van der Waals surface area contributed by atoms with Crippen molar-refractivity contribution in [2.45, 2.75) is 6.92 Å². The summed E-state index contributed by atoms with van der Waals surface area (Å²) in [7, 11) is 1.59. The Hall–Kier alpha value is -3.81. The molecule has 0 radical (unpaired) electrons. The van der Waals surface area contributed by atoms with Gasteiger partial charge in [-0.15, -0.1) is 0 Å². The first-order valence-electron chi connectivity index (χ1n) is 8.67. The summed E-state index contributed by atoms with van der Waals surface area (Å²) in [6.07, 6.45) is 1.39. The SMILES string of the molecule is CCOC(=O)c1cccc(Nc2ncnc(Nc3ccccc3OC)c2N)c1. The third kappa shape index (κ3) is 4.29. The van der Waals surface area contributed by atoms with E-state index in [2.05, 4.69) is 20.6 Å². The minimum absolute atomic E-state index is 0.313. The molecule has 4 N–H and O–H groups in total. The lowest BCUT2D eigenvalue weighted by Crippen LogP contribution is -2.07. The Kier molecular flexibility index (Phi) is 5.91. The second-order valence-electron chi connectivity index (χ2n) is 5.74. The zero-order valence-corrected chi connectivity index (χ0v) is 15.6. The number of methoxy groups -OCH3 is 1. The lowest BCUT2D eigenvalue weighted by molar-refractivity contribution is 0.0526. The maximum atomic E-state index is 11.9. The minimum Gasteiger partial charge on any atom is -0.495 e. The Morgan fingerprint density at radius 1 is 1.07 bits per heavy atom. The molecule has 144 valence electrons. The van der Waals surface area contributed by atoms with Crippen LogP contribution in [0.2, 0.25) is 0 Å². The van der Waals surface area contributed by atoms with E-state index in [4.69, 9.17) is 15.2 Å². The van der Waals surface area contributed by atoms with Crippen molar-refractivity contribution in [3.05, 3.63) is 60.4 Å². The zero-order valence-electron chi connectivity index (χ0n) is 15.6. The Labute approximate surface area is 162 Å². The van der Waals surface area contributed by atoms with Gasteiger partial charge in [-0.2, -0.15) is 0 Å². The van der Waals surface area contributed by atoms with Gasteiger partial charge in [0.2, 0.25) is 0 Å². The van der Waals surface area contributed by atoms with Crippen LogP contribution in [0.15, 0.2) is 54.9 Å². The van der Waals surface area contributed by atoms with E-state index < -0.39 is 0 Å². The maximum absolute atomic E-state index is 11.9. The number of nitrogen functional groups attached to an aromatic ring is 1. The molecule has 2 aromatic carbocycles. The average Bonchev–Trinajstić information content (AvgIpc) is 2.72. The summed E-state index contributed by atoms with van der Waals surface area (Å²) in [5.41, 5.74) is 8.38. The Morgan fingerprint density at radius 2 is 1.82 bits per heavy atom. The number of hydrogen-bond donors (Lipinski definition) is 3. The van der Waals surface area contributed by atoms with Crippen molar-refractivity contribution in [3.63, 3.8) is 0 Å². The fourth-order valence-corrected chi connectivity index (χ4v) is 2.55. The number of aromatic nitrogens is 2. The lowest BCUT2D eigenvalue weighted by atomic mass is 10.2. The molecule has 0 atom stereocenters. The molecule has 8 nitrogen and oxygen atoms in total. The highest BCUT2D eigenvalue weighted by atomic mass is 16.5. The van der Waals surface area contributed by atoms with Crippen molar-refractivity contribution in [1.82, 2.24) is 9.97 Å². The Bertz CT molecular complexity index is 978. The van der Waals surface area contributed by atoms with Crippen LogP contribution in [0.25, 0.3) is 0 Å². The van der Waals surface area contributed by atoms with Gasteiger partial charge in [-0.25, -0.2) is 14.8 Å². The summed E-state index contributed by atoms with van der Waals surface area (Å²) in [5, 5.41) is 6.26. The highest BCUT2D eigenvalue weighted by Gasteiger charge is 2.12. The number of nitrogens with zero attached hydrogens (tertiary/aromatic N) is 2. The van der Waals surface area contributed by atoms with Crippen LogP contribution < -0.4 is 21.1 Å². The molecule has 0 saturated heterocycles. The molecule has 0 spiro atoms. The molecule has 28 heavy (non-hydrogen) atoms. The van der Waals surface area contributed by atoms with Gasteiger partial charge in [-0.1, -0.05) is 18.2 Å². The number of nitrogens with two attached hydrogens (primary N) is 1. The molecule has 8 heteroatoms. The van der Waals surface area contributed by atoms with Crippen LogP contribution in [0.4, 0.5) is 28.7 Å². The molecular weight excluding hydrogens is 358 g/mol. The van der Waals surface area contributed by atoms with Crippen molar-refractivity contribution in [1.29, 1.82) is 0 Å². The van der Waals surface area contributed by atoms with Gasteiger partial charge in [0.15, 0.2) is 11.6 Å². The van der Waals surface area contributed by atoms with E-state index >= 15 is 0 Å². The lowest BCUT2D eigenvalue weighted by Gasteiger charge is -2.14. The molecule has 3 aromatic rings. The van der Waals surface area contributed by atoms with Gasteiger partial charge in [0.1, 0.15) is 17.8 Å². The molecule has 3 rings (SSSR count). The summed E-state index contributed by atoms with van der Waals surface area (Å²) in [6, 6.07) is 14.3. The fraction of sp³-hybridized carbons (Fsp3) is 0.150. The minimum atomic E-state index is -0.389. The molecule has 0 aliphatic rings. The fourth-order valence-electron chi connectivity index (χ4n) is 2.55. The van der Waals surface area contributed by atoms with E-state index in [1.807, 2.05) is 24.3 Å². The topological polar surface area (TPSA) is 111 Å². The molecule has 0 bridgehead atoms. The van der Waals surface area contributed by atoms with Crippen LogP contribution in [-0.4, -0.2) is 29.7 Å². The molecule has 1 heterocycles. The first-order chi connectivity index (χ1) is 13.6. The molecule has 0 unspecified atom stereocenters. The molecule has 1 aromatic heterocycles. The first kappa shape index (κ1) is 19.0. The van der Waals surface area contributed by atoms with Gasteiger partial charge in [-0.05, 0) is 37.3 Å². The quantitative estimate of drug-likeness (QED) is 0.533. The number of carbonyl (C=O) groups is 1. The number of esters is 1. The van der Waals surface area contributed by atoms with Crippen molar-refractivity contribution >= 4 is 34.7 Å². The maximum Gasteiger partial charge on any atom is 0.338 e. The summed E-state index contributed by atoms with van der Waals surface area (Å²) in [6.45, 7) is 2.07. The van der Waals surface area contributed by atoms with Crippen molar-refractivity contribution in [3.8, 4) is 5.75 Å². The number of rotatable bonds is 7. The van der Waals surface area contributed by atoms with Crippen LogP contribution in [-0.2, 0) is 4.74 Å². The second kappa shape index (κ2) is 8.72. The summed E-state index contributed by atoms with van der Waals surface area (Å²) in [4.78, 5) is 20.3. The summed E-state index contributed by atoms with van der Waals surface area (Å²) >= 11 is 0. The second-order valence-corrected chi connectivity index (χ2v) is 5.74. The number of hydrogen-bond acceptors (Lipinski definition) is 8. The zero-order chi connectivity index (χ0) is 19.9. The Balaban J connectivity index is 1.84. The number of benzene rings is 2. The molecule has 0 fully saturated rings. The van der Waals surface area contributed by atoms with E-state index in [1.54, 1.807) is 38.3 Å². The molecular formula is C20H21N5O3. The van der Waals surface area contributed by atoms with E-state index in [1.165, 1.54) is 6.33 Å². The molecule has 0 aliphatic heterocycles. The number of para-hydroxylation sites is 2. The predicted octanol–water partition coefficient (Wildman–Crippen LogP) is 3.73. The highest BCUT2D eigenvalue weighted by molar-refractivity contribution is 5.91. The molecule has 0 saturated carbocycles. The van der Waals surface area contributed by atoms with Crippen LogP contribution in [0.5, 0.6) is 5.75 Å². The van der Waals surface area contributed by atoms with E-state index in [0.29, 0.717) is 40.9 Å². The van der Waals surface area contributed by atoms with Gasteiger partial charge in [0.25, 0.3) is 0 Å². The molecule has 0 amide bonds. The standard InChI is InChI=1S/C20H21N5O3/c1-3-28-20(26)13-7-6-8-14(11-13)24-18-17(21)19(23-12-22-18)25-15-9-4-5-10-16(15)27-2/h4-12H,3,21H2,1-2H3,(H2,22,23,24,25). The predicted molar refractivity (Wildman–Crippen MR) is 108 cm³/mol. The number of carbonyl (C=O) groups excluding carboxylic acids is 1. The normalized spacial score (nSPS) is 10.2. The third-order valence-corrected chi connectivity index (χ3v) is 3.88. The summed E-state index contributed by atoms with van der Waals surface area (Å²) in [5.74, 6) is 1.12. The monoisotopic (exact) mass is 379 g/mol. The van der Waals surface area contributed by atoms with Crippen molar-refractivity contribution in [2.24, 2.45) is 0 Å². The average molecular weight is 379 g/mol.